The molecule has 4 heteroatoms. The van der Waals surface area contributed by atoms with Gasteiger partial charge in [-0.3, -0.25) is 0 Å². The van der Waals surface area contributed by atoms with Crippen molar-refractivity contribution in [3.05, 3.63) is 35.9 Å². The van der Waals surface area contributed by atoms with E-state index in [1.165, 1.54) is 0 Å². The number of carboxylic acid groups (broad SMARTS) is 1. The minimum Gasteiger partial charge on any atom is -0.478 e. The van der Waals surface area contributed by atoms with Crippen LogP contribution < -0.4 is 0 Å². The molecular weight excluding hydrogens is 208 g/mol. The van der Waals surface area contributed by atoms with Gasteiger partial charge in [0, 0.05) is 12.5 Å². The zero-order valence-corrected chi connectivity index (χ0v) is 9.50. The van der Waals surface area contributed by atoms with Gasteiger partial charge in [0.15, 0.2) is 0 Å². The van der Waals surface area contributed by atoms with Crippen LogP contribution in [0.3, 0.4) is 0 Å². The molecule has 0 radical (unpaired) electrons. The summed E-state index contributed by atoms with van der Waals surface area (Å²) in [6.07, 6.45) is -0.384. The largest absolute Gasteiger partial charge is 0.478 e. The van der Waals surface area contributed by atoms with Crippen molar-refractivity contribution in [2.75, 3.05) is 6.61 Å². The van der Waals surface area contributed by atoms with Crippen LogP contribution in [0, 0.1) is 5.92 Å². The van der Waals surface area contributed by atoms with E-state index in [2.05, 4.69) is 0 Å². The van der Waals surface area contributed by atoms with Gasteiger partial charge in [-0.25, -0.2) is 4.79 Å². The first kappa shape index (κ1) is 14.6. The molecule has 1 rings (SSSR count). The summed E-state index contributed by atoms with van der Waals surface area (Å²) in [5.74, 6) is -0.865. The zero-order valence-electron chi connectivity index (χ0n) is 9.50. The van der Waals surface area contributed by atoms with Crippen LogP contribution in [0.4, 0.5) is 0 Å². The van der Waals surface area contributed by atoms with Crippen molar-refractivity contribution in [2.45, 2.75) is 20.0 Å². The Morgan fingerprint density at radius 3 is 1.94 bits per heavy atom. The molecule has 0 aromatic heterocycles. The molecule has 0 saturated heterocycles. The molecule has 1 aromatic carbocycles. The Morgan fingerprint density at radius 1 is 1.25 bits per heavy atom. The van der Waals surface area contributed by atoms with E-state index in [0.717, 1.165) is 0 Å². The molecule has 0 spiro atoms. The third-order valence-corrected chi connectivity index (χ3v) is 2.13. The summed E-state index contributed by atoms with van der Waals surface area (Å²) in [4.78, 5) is 10.2. The predicted molar refractivity (Wildman–Crippen MR) is 61.3 cm³/mol. The minimum absolute atomic E-state index is 0.0139. The quantitative estimate of drug-likeness (QED) is 0.727. The van der Waals surface area contributed by atoms with Crippen molar-refractivity contribution in [2.24, 2.45) is 5.92 Å². The van der Waals surface area contributed by atoms with E-state index >= 15 is 0 Å². The number of rotatable bonds is 3. The zero-order chi connectivity index (χ0) is 12.6. The van der Waals surface area contributed by atoms with Crippen LogP contribution >= 0.6 is 0 Å². The number of hydrogen-bond acceptors (Lipinski definition) is 3. The molecule has 2 atom stereocenters. The molecule has 0 amide bonds. The molecule has 0 aliphatic rings. The smallest absolute Gasteiger partial charge is 0.335 e. The Bertz CT molecular complexity index is 295. The van der Waals surface area contributed by atoms with Crippen LogP contribution in [0.15, 0.2) is 30.3 Å². The molecule has 4 nitrogen and oxygen atoms in total. The average molecular weight is 226 g/mol. The first-order valence-electron chi connectivity index (χ1n) is 5.06. The highest BCUT2D eigenvalue weighted by Gasteiger charge is 2.04. The predicted octanol–water partition coefficient (Wildman–Crippen LogP) is 1.38. The van der Waals surface area contributed by atoms with E-state index in [9.17, 15) is 4.79 Å². The monoisotopic (exact) mass is 226 g/mol. The Kier molecular flexibility index (Phi) is 7.16. The first-order chi connectivity index (χ1) is 7.49. The Balaban J connectivity index is 0.000000293. The van der Waals surface area contributed by atoms with Gasteiger partial charge < -0.3 is 15.3 Å². The van der Waals surface area contributed by atoms with Gasteiger partial charge in [0.05, 0.1) is 11.7 Å². The highest BCUT2D eigenvalue weighted by molar-refractivity contribution is 5.87. The van der Waals surface area contributed by atoms with Crippen molar-refractivity contribution in [3.63, 3.8) is 0 Å². The van der Waals surface area contributed by atoms with Crippen LogP contribution in [0.1, 0.15) is 24.2 Å². The fourth-order valence-electron chi connectivity index (χ4n) is 0.733. The topological polar surface area (TPSA) is 77.8 Å². The number of aliphatic hydroxyl groups is 2. The highest BCUT2D eigenvalue weighted by Crippen LogP contribution is 1.98. The molecule has 0 fully saturated rings. The number of aromatic carboxylic acids is 1. The maximum absolute atomic E-state index is 10.2. The van der Waals surface area contributed by atoms with E-state index in [4.69, 9.17) is 15.3 Å². The van der Waals surface area contributed by atoms with Gasteiger partial charge in [0.25, 0.3) is 0 Å². The lowest BCUT2D eigenvalue weighted by atomic mass is 10.1. The van der Waals surface area contributed by atoms with Crippen molar-refractivity contribution in [3.8, 4) is 0 Å². The van der Waals surface area contributed by atoms with Gasteiger partial charge in [-0.2, -0.15) is 0 Å². The second kappa shape index (κ2) is 7.84. The second-order valence-corrected chi connectivity index (χ2v) is 3.57. The summed E-state index contributed by atoms with van der Waals surface area (Å²) < 4.78 is 0. The third kappa shape index (κ3) is 6.16. The molecule has 2 unspecified atom stereocenters. The Hall–Kier alpha value is -1.39. The summed E-state index contributed by atoms with van der Waals surface area (Å²) in [7, 11) is 0. The van der Waals surface area contributed by atoms with Gasteiger partial charge in [0.2, 0.25) is 0 Å². The second-order valence-electron chi connectivity index (χ2n) is 3.57. The highest BCUT2D eigenvalue weighted by atomic mass is 16.4. The van der Waals surface area contributed by atoms with Gasteiger partial charge in [0.1, 0.15) is 0 Å². The van der Waals surface area contributed by atoms with Crippen molar-refractivity contribution < 1.29 is 20.1 Å². The van der Waals surface area contributed by atoms with Crippen molar-refractivity contribution >= 4 is 5.97 Å². The first-order valence-corrected chi connectivity index (χ1v) is 5.06. The van der Waals surface area contributed by atoms with Crippen LogP contribution in [0.5, 0.6) is 0 Å². The molecule has 0 aliphatic carbocycles. The standard InChI is InChI=1S/C7H6O2.C5H12O2/c8-7(9)6-4-2-1-3-5-6;1-4(3-6)5(2)7/h1-5H,(H,8,9);4-7H,3H2,1-2H3. The molecular formula is C12H18O4. The van der Waals surface area contributed by atoms with E-state index in [-0.39, 0.29) is 18.6 Å². The molecule has 0 saturated carbocycles. The van der Waals surface area contributed by atoms with Crippen molar-refractivity contribution in [1.82, 2.24) is 0 Å². The summed E-state index contributed by atoms with van der Waals surface area (Å²) in [6, 6.07) is 8.30. The number of hydrogen-bond donors (Lipinski definition) is 3. The summed E-state index contributed by atoms with van der Waals surface area (Å²) in [5, 5.41) is 25.4. The van der Waals surface area contributed by atoms with Crippen molar-refractivity contribution in [1.29, 1.82) is 0 Å². The van der Waals surface area contributed by atoms with Gasteiger partial charge in [-0.1, -0.05) is 25.1 Å². The summed E-state index contributed by atoms with van der Waals surface area (Å²) in [5.41, 5.74) is 0.331. The van der Waals surface area contributed by atoms with E-state index in [1.807, 2.05) is 0 Å². The summed E-state index contributed by atoms with van der Waals surface area (Å²) >= 11 is 0. The molecule has 1 aromatic rings. The normalized spacial score (nSPS) is 13.2. The lowest BCUT2D eigenvalue weighted by Crippen LogP contribution is -2.16. The SMILES string of the molecule is CC(O)C(C)CO.O=C(O)c1ccccc1. The van der Waals surface area contributed by atoms with Crippen LogP contribution in [0.25, 0.3) is 0 Å². The average Bonchev–Trinajstić information content (AvgIpc) is 2.29. The fraction of sp³-hybridized carbons (Fsp3) is 0.417. The minimum atomic E-state index is -0.879. The van der Waals surface area contributed by atoms with E-state index < -0.39 is 5.97 Å². The van der Waals surface area contributed by atoms with Gasteiger partial charge in [-0.05, 0) is 19.1 Å². The number of benzene rings is 1. The Morgan fingerprint density at radius 2 is 1.75 bits per heavy atom. The molecule has 0 heterocycles. The van der Waals surface area contributed by atoms with E-state index in [1.54, 1.807) is 44.2 Å². The number of aliphatic hydroxyl groups excluding tert-OH is 2. The van der Waals surface area contributed by atoms with Crippen LogP contribution in [0.2, 0.25) is 0 Å². The molecule has 90 valence electrons. The third-order valence-electron chi connectivity index (χ3n) is 2.13. The number of carbonyl (C=O) groups is 1. The maximum Gasteiger partial charge on any atom is 0.335 e. The fourth-order valence-corrected chi connectivity index (χ4v) is 0.733. The molecule has 0 bridgehead atoms. The van der Waals surface area contributed by atoms with Crippen LogP contribution in [-0.4, -0.2) is 34.0 Å². The summed E-state index contributed by atoms with van der Waals surface area (Å²) in [6.45, 7) is 3.53. The molecule has 16 heavy (non-hydrogen) atoms. The Labute approximate surface area is 95.2 Å². The maximum atomic E-state index is 10.2. The molecule has 3 N–H and O–H groups in total. The molecule has 0 aliphatic heterocycles. The van der Waals surface area contributed by atoms with Gasteiger partial charge >= 0.3 is 5.97 Å². The van der Waals surface area contributed by atoms with E-state index in [0.29, 0.717) is 5.56 Å². The lowest BCUT2D eigenvalue weighted by molar-refractivity contribution is 0.0696. The lowest BCUT2D eigenvalue weighted by Gasteiger charge is -2.08. The van der Waals surface area contributed by atoms with Gasteiger partial charge in [-0.15, -0.1) is 0 Å². The van der Waals surface area contributed by atoms with Crippen LogP contribution in [-0.2, 0) is 0 Å². The number of carboxylic acids is 1.